The zero-order valence-corrected chi connectivity index (χ0v) is 15.2. The predicted molar refractivity (Wildman–Crippen MR) is 93.6 cm³/mol. The van der Waals surface area contributed by atoms with E-state index >= 15 is 0 Å². The van der Waals surface area contributed by atoms with Crippen LogP contribution in [0.15, 0.2) is 16.7 Å². The lowest BCUT2D eigenvalue weighted by atomic mass is 9.87. The van der Waals surface area contributed by atoms with Gasteiger partial charge in [0.15, 0.2) is 0 Å². The van der Waals surface area contributed by atoms with Gasteiger partial charge < -0.3 is 18.8 Å². The highest BCUT2D eigenvalue weighted by atomic mass is 16.6. The molecule has 0 radical (unpaired) electrons. The van der Waals surface area contributed by atoms with Gasteiger partial charge in [-0.15, -0.1) is 0 Å². The zero-order valence-electron chi connectivity index (χ0n) is 15.2. The fourth-order valence-corrected chi connectivity index (χ4v) is 4.60. The van der Waals surface area contributed by atoms with Gasteiger partial charge >= 0.3 is 0 Å². The molecule has 0 aromatic carbocycles. The van der Waals surface area contributed by atoms with Crippen molar-refractivity contribution >= 4 is 5.91 Å². The minimum Gasteiger partial charge on any atom is -0.469 e. The Morgan fingerprint density at radius 2 is 2.08 bits per heavy atom. The van der Waals surface area contributed by atoms with Crippen LogP contribution in [-0.4, -0.2) is 48.8 Å². The van der Waals surface area contributed by atoms with E-state index in [1.807, 2.05) is 11.8 Å². The number of piperidine rings is 1. The minimum absolute atomic E-state index is 0.0770. The molecular weight excluding hydrogens is 318 g/mol. The van der Waals surface area contributed by atoms with Crippen LogP contribution in [0.5, 0.6) is 0 Å². The lowest BCUT2D eigenvalue weighted by molar-refractivity contribution is -0.0414. The molecule has 3 fully saturated rings. The first-order valence-electron chi connectivity index (χ1n) is 9.74. The van der Waals surface area contributed by atoms with Gasteiger partial charge in [-0.1, -0.05) is 12.8 Å². The van der Waals surface area contributed by atoms with Gasteiger partial charge in [0, 0.05) is 26.1 Å². The third kappa shape index (κ3) is 3.63. The van der Waals surface area contributed by atoms with Crippen molar-refractivity contribution < 1.29 is 18.7 Å². The summed E-state index contributed by atoms with van der Waals surface area (Å²) in [7, 11) is 0. The summed E-state index contributed by atoms with van der Waals surface area (Å²) in [5, 5.41) is 0. The molecule has 1 amide bonds. The van der Waals surface area contributed by atoms with Gasteiger partial charge in [0.25, 0.3) is 5.91 Å². The van der Waals surface area contributed by atoms with E-state index < -0.39 is 0 Å². The molecule has 1 spiro atoms. The molecule has 0 N–H and O–H groups in total. The van der Waals surface area contributed by atoms with Crippen LogP contribution in [-0.2, 0) is 9.47 Å². The van der Waals surface area contributed by atoms with Crippen molar-refractivity contribution in [3.63, 3.8) is 0 Å². The number of ether oxygens (including phenoxy) is 2. The van der Waals surface area contributed by atoms with Gasteiger partial charge in [0.05, 0.1) is 30.1 Å². The van der Waals surface area contributed by atoms with E-state index in [0.717, 1.165) is 44.9 Å². The molecule has 1 atom stereocenters. The predicted octanol–water partition coefficient (Wildman–Crippen LogP) is 3.56. The maximum atomic E-state index is 12.6. The molecule has 1 aromatic heterocycles. The molecule has 2 aliphatic heterocycles. The molecule has 1 saturated carbocycles. The Balaban J connectivity index is 1.27. The first-order chi connectivity index (χ1) is 12.2. The Kier molecular flexibility index (Phi) is 4.87. The molecule has 25 heavy (non-hydrogen) atoms. The zero-order chi connectivity index (χ0) is 17.3. The summed E-state index contributed by atoms with van der Waals surface area (Å²) in [5.41, 5.74) is 0.601. The average molecular weight is 347 g/mol. The van der Waals surface area contributed by atoms with Crippen LogP contribution >= 0.6 is 0 Å². The highest BCUT2D eigenvalue weighted by molar-refractivity contribution is 5.95. The van der Waals surface area contributed by atoms with Crippen molar-refractivity contribution in [1.29, 1.82) is 0 Å². The normalized spacial score (nSPS) is 26.6. The van der Waals surface area contributed by atoms with Gasteiger partial charge in [-0.3, -0.25) is 4.79 Å². The van der Waals surface area contributed by atoms with Crippen molar-refractivity contribution in [2.75, 3.05) is 26.3 Å². The van der Waals surface area contributed by atoms with Gasteiger partial charge in [0.1, 0.15) is 5.76 Å². The van der Waals surface area contributed by atoms with Gasteiger partial charge in [-0.2, -0.15) is 0 Å². The quantitative estimate of drug-likeness (QED) is 0.836. The molecule has 5 nitrogen and oxygen atoms in total. The third-order valence-electron chi connectivity index (χ3n) is 6.27. The Morgan fingerprint density at radius 1 is 1.32 bits per heavy atom. The van der Waals surface area contributed by atoms with E-state index in [1.165, 1.54) is 25.7 Å². The number of aryl methyl sites for hydroxylation is 1. The molecule has 2 saturated heterocycles. The molecule has 5 heteroatoms. The Morgan fingerprint density at radius 3 is 2.76 bits per heavy atom. The van der Waals surface area contributed by atoms with Crippen LogP contribution in [0, 0.1) is 12.8 Å². The number of furan rings is 1. The summed E-state index contributed by atoms with van der Waals surface area (Å²) in [6, 6.07) is 1.76. The molecule has 1 aliphatic carbocycles. The molecule has 3 heterocycles. The van der Waals surface area contributed by atoms with Crippen molar-refractivity contribution in [1.82, 2.24) is 4.90 Å². The van der Waals surface area contributed by atoms with E-state index in [1.54, 1.807) is 12.3 Å². The lowest BCUT2D eigenvalue weighted by Gasteiger charge is -2.38. The van der Waals surface area contributed by atoms with Gasteiger partial charge in [0.2, 0.25) is 0 Å². The minimum atomic E-state index is -0.0808. The first-order valence-corrected chi connectivity index (χ1v) is 9.74. The van der Waals surface area contributed by atoms with Crippen LogP contribution in [0.25, 0.3) is 0 Å². The second-order valence-electron chi connectivity index (χ2n) is 7.99. The summed E-state index contributed by atoms with van der Waals surface area (Å²) < 4.78 is 17.6. The highest BCUT2D eigenvalue weighted by Gasteiger charge is 2.44. The SMILES string of the molecule is Cc1occc1C(=O)N1CCC2(CC1)C[C@@H](OCC1CCCC1)CO2. The van der Waals surface area contributed by atoms with Crippen molar-refractivity contribution in [3.8, 4) is 0 Å². The van der Waals surface area contributed by atoms with Crippen molar-refractivity contribution in [2.45, 2.75) is 63.6 Å². The van der Waals surface area contributed by atoms with E-state index in [4.69, 9.17) is 13.9 Å². The van der Waals surface area contributed by atoms with E-state index in [2.05, 4.69) is 0 Å². The maximum absolute atomic E-state index is 12.6. The number of likely N-dealkylation sites (tertiary alicyclic amines) is 1. The molecule has 3 aliphatic rings. The molecule has 0 bridgehead atoms. The monoisotopic (exact) mass is 347 g/mol. The topological polar surface area (TPSA) is 51.9 Å². The molecular formula is C20H29NO4. The third-order valence-corrected chi connectivity index (χ3v) is 6.27. The summed E-state index contributed by atoms with van der Waals surface area (Å²) in [6.07, 6.45) is 9.97. The Hall–Kier alpha value is -1.33. The van der Waals surface area contributed by atoms with Crippen molar-refractivity contribution in [3.05, 3.63) is 23.7 Å². The number of amides is 1. The van der Waals surface area contributed by atoms with Crippen molar-refractivity contribution in [2.24, 2.45) is 5.92 Å². The Bertz CT molecular complexity index is 597. The first kappa shape index (κ1) is 17.1. The van der Waals surface area contributed by atoms with Crippen LogP contribution in [0.2, 0.25) is 0 Å². The number of hydrogen-bond acceptors (Lipinski definition) is 4. The standard InChI is InChI=1S/C20H29NO4/c1-15-18(6-11-23-15)19(22)21-9-7-20(8-10-21)12-17(14-25-20)24-13-16-4-2-3-5-16/h6,11,16-17H,2-5,7-10,12-14H2,1H3/t17-/m1/s1. The van der Waals surface area contributed by atoms with E-state index in [-0.39, 0.29) is 17.6 Å². The summed E-state index contributed by atoms with van der Waals surface area (Å²) in [6.45, 7) is 4.94. The smallest absolute Gasteiger partial charge is 0.257 e. The number of nitrogens with zero attached hydrogens (tertiary/aromatic N) is 1. The van der Waals surface area contributed by atoms with Gasteiger partial charge in [-0.25, -0.2) is 0 Å². The fourth-order valence-electron chi connectivity index (χ4n) is 4.60. The van der Waals surface area contributed by atoms with E-state index in [0.29, 0.717) is 17.9 Å². The highest BCUT2D eigenvalue weighted by Crippen LogP contribution is 2.38. The summed E-state index contributed by atoms with van der Waals surface area (Å²) >= 11 is 0. The molecule has 4 rings (SSSR count). The second-order valence-corrected chi connectivity index (χ2v) is 7.99. The average Bonchev–Trinajstić information content (AvgIpc) is 3.35. The molecule has 138 valence electrons. The summed E-state index contributed by atoms with van der Waals surface area (Å²) in [5.74, 6) is 1.53. The van der Waals surface area contributed by atoms with Crippen LogP contribution in [0.3, 0.4) is 0 Å². The van der Waals surface area contributed by atoms with E-state index in [9.17, 15) is 4.79 Å². The second kappa shape index (κ2) is 7.12. The number of carbonyl (C=O) groups is 1. The largest absolute Gasteiger partial charge is 0.469 e. The number of rotatable bonds is 4. The molecule has 1 aromatic rings. The lowest BCUT2D eigenvalue weighted by Crippen LogP contribution is -2.46. The maximum Gasteiger partial charge on any atom is 0.257 e. The van der Waals surface area contributed by atoms with Crippen LogP contribution < -0.4 is 0 Å². The summed E-state index contributed by atoms with van der Waals surface area (Å²) in [4.78, 5) is 14.5. The Labute approximate surface area is 149 Å². The number of carbonyl (C=O) groups excluding carboxylic acids is 1. The number of hydrogen-bond donors (Lipinski definition) is 0. The van der Waals surface area contributed by atoms with Gasteiger partial charge in [-0.05, 0) is 44.6 Å². The van der Waals surface area contributed by atoms with Crippen LogP contribution in [0.4, 0.5) is 0 Å². The molecule has 0 unspecified atom stereocenters. The van der Waals surface area contributed by atoms with Crippen LogP contribution in [0.1, 0.15) is 61.1 Å². The fraction of sp³-hybridized carbons (Fsp3) is 0.750.